The van der Waals surface area contributed by atoms with Crippen LogP contribution in [-0.4, -0.2) is 39.4 Å². The number of halogens is 2. The molecule has 0 aliphatic carbocycles. The van der Waals surface area contributed by atoms with Gasteiger partial charge >= 0.3 is 0 Å². The molecule has 0 saturated carbocycles. The number of aromatic nitrogens is 3. The standard InChI is InChI=1S/C11H13Cl2N3O2/c1-2-18-6-7(17)5-16-11-4-9(13)8(12)3-10(11)14-15-16/h3-4,7,17H,2,5-6H2,1H3. The van der Waals surface area contributed by atoms with Gasteiger partial charge in [-0.3, -0.25) is 0 Å². The van der Waals surface area contributed by atoms with Gasteiger partial charge in [-0.15, -0.1) is 5.10 Å². The predicted octanol–water partition coefficient (Wildman–Crippen LogP) is 2.14. The smallest absolute Gasteiger partial charge is 0.114 e. The monoisotopic (exact) mass is 289 g/mol. The summed E-state index contributed by atoms with van der Waals surface area (Å²) in [7, 11) is 0. The highest BCUT2D eigenvalue weighted by Crippen LogP contribution is 2.26. The predicted molar refractivity (Wildman–Crippen MR) is 70.0 cm³/mol. The van der Waals surface area contributed by atoms with E-state index in [1.165, 1.54) is 0 Å². The van der Waals surface area contributed by atoms with Gasteiger partial charge in [0.1, 0.15) is 5.52 Å². The third kappa shape index (κ3) is 2.92. The molecule has 1 heterocycles. The Hall–Kier alpha value is -0.880. The van der Waals surface area contributed by atoms with Crippen molar-refractivity contribution in [2.24, 2.45) is 0 Å². The summed E-state index contributed by atoms with van der Waals surface area (Å²) in [5.74, 6) is 0. The van der Waals surface area contributed by atoms with Crippen molar-refractivity contribution in [3.63, 3.8) is 0 Å². The van der Waals surface area contributed by atoms with Crippen LogP contribution < -0.4 is 0 Å². The lowest BCUT2D eigenvalue weighted by molar-refractivity contribution is 0.0320. The van der Waals surface area contributed by atoms with E-state index in [1.54, 1.807) is 16.8 Å². The maximum absolute atomic E-state index is 9.76. The molecule has 2 rings (SSSR count). The zero-order valence-electron chi connectivity index (χ0n) is 9.81. The minimum absolute atomic E-state index is 0.263. The van der Waals surface area contributed by atoms with Crippen molar-refractivity contribution in [2.45, 2.75) is 19.6 Å². The fourth-order valence-electron chi connectivity index (χ4n) is 1.60. The average molecular weight is 290 g/mol. The highest BCUT2D eigenvalue weighted by atomic mass is 35.5. The second-order valence-corrected chi connectivity index (χ2v) is 4.65. The maximum Gasteiger partial charge on any atom is 0.114 e. The van der Waals surface area contributed by atoms with Gasteiger partial charge in [-0.05, 0) is 19.1 Å². The van der Waals surface area contributed by atoms with Crippen LogP contribution in [0, 0.1) is 0 Å². The molecule has 98 valence electrons. The Labute approximate surface area is 114 Å². The van der Waals surface area contributed by atoms with Crippen LogP contribution in [-0.2, 0) is 11.3 Å². The molecule has 0 radical (unpaired) electrons. The van der Waals surface area contributed by atoms with Crippen molar-refractivity contribution in [3.05, 3.63) is 22.2 Å². The number of rotatable bonds is 5. The minimum atomic E-state index is -0.635. The molecule has 0 saturated heterocycles. The van der Waals surface area contributed by atoms with Crippen molar-refractivity contribution in [1.29, 1.82) is 0 Å². The fraction of sp³-hybridized carbons (Fsp3) is 0.455. The summed E-state index contributed by atoms with van der Waals surface area (Å²) in [5.41, 5.74) is 1.38. The number of aliphatic hydroxyl groups excluding tert-OH is 1. The van der Waals surface area contributed by atoms with Gasteiger partial charge in [0, 0.05) is 6.61 Å². The Morgan fingerprint density at radius 3 is 2.83 bits per heavy atom. The molecule has 2 aromatic rings. The largest absolute Gasteiger partial charge is 0.389 e. The number of aliphatic hydroxyl groups is 1. The zero-order chi connectivity index (χ0) is 13.1. The van der Waals surface area contributed by atoms with Gasteiger partial charge in [-0.25, -0.2) is 4.68 Å². The molecular formula is C11H13Cl2N3O2. The first-order valence-corrected chi connectivity index (χ1v) is 6.31. The molecule has 1 aromatic heterocycles. The van der Waals surface area contributed by atoms with Gasteiger partial charge in [0.25, 0.3) is 0 Å². The van der Waals surface area contributed by atoms with E-state index in [9.17, 15) is 5.11 Å². The molecule has 7 heteroatoms. The Bertz CT molecular complexity index is 544. The molecule has 0 aliphatic rings. The highest BCUT2D eigenvalue weighted by molar-refractivity contribution is 6.42. The molecule has 1 N–H and O–H groups in total. The van der Waals surface area contributed by atoms with Crippen LogP contribution in [0.3, 0.4) is 0 Å². The van der Waals surface area contributed by atoms with Gasteiger partial charge in [0.15, 0.2) is 0 Å². The van der Waals surface area contributed by atoms with E-state index in [2.05, 4.69) is 10.3 Å². The van der Waals surface area contributed by atoms with E-state index in [0.29, 0.717) is 28.7 Å². The Morgan fingerprint density at radius 2 is 2.11 bits per heavy atom. The van der Waals surface area contributed by atoms with Crippen LogP contribution >= 0.6 is 23.2 Å². The Morgan fingerprint density at radius 1 is 1.39 bits per heavy atom. The molecule has 0 spiro atoms. The fourth-order valence-corrected chi connectivity index (χ4v) is 1.92. The second kappa shape index (κ2) is 5.84. The van der Waals surface area contributed by atoms with Gasteiger partial charge in [-0.1, -0.05) is 28.4 Å². The molecule has 18 heavy (non-hydrogen) atoms. The average Bonchev–Trinajstić information content (AvgIpc) is 2.70. The first kappa shape index (κ1) is 13.5. The number of benzene rings is 1. The van der Waals surface area contributed by atoms with Gasteiger partial charge < -0.3 is 9.84 Å². The molecule has 1 unspecified atom stereocenters. The topological polar surface area (TPSA) is 60.2 Å². The number of fused-ring (bicyclic) bond motifs is 1. The number of ether oxygens (including phenoxy) is 1. The summed E-state index contributed by atoms with van der Waals surface area (Å²) in [6, 6.07) is 3.34. The summed E-state index contributed by atoms with van der Waals surface area (Å²) in [4.78, 5) is 0. The molecule has 0 amide bonds. The van der Waals surface area contributed by atoms with E-state index < -0.39 is 6.10 Å². The normalized spacial score (nSPS) is 13.1. The highest BCUT2D eigenvalue weighted by Gasteiger charge is 2.12. The molecule has 1 atom stereocenters. The van der Waals surface area contributed by atoms with Crippen LogP contribution in [0.5, 0.6) is 0 Å². The second-order valence-electron chi connectivity index (χ2n) is 3.84. The molecule has 5 nitrogen and oxygen atoms in total. The summed E-state index contributed by atoms with van der Waals surface area (Å²) in [6.07, 6.45) is -0.635. The van der Waals surface area contributed by atoms with Gasteiger partial charge in [-0.2, -0.15) is 0 Å². The minimum Gasteiger partial charge on any atom is -0.389 e. The van der Waals surface area contributed by atoms with Crippen molar-refractivity contribution in [1.82, 2.24) is 15.0 Å². The van der Waals surface area contributed by atoms with Gasteiger partial charge in [0.05, 0.1) is 34.8 Å². The molecule has 0 fully saturated rings. The zero-order valence-corrected chi connectivity index (χ0v) is 11.3. The van der Waals surface area contributed by atoms with Crippen molar-refractivity contribution >= 4 is 34.2 Å². The SMILES string of the molecule is CCOCC(O)Cn1nnc2cc(Cl)c(Cl)cc21. The lowest BCUT2D eigenvalue weighted by atomic mass is 10.3. The Balaban J connectivity index is 2.21. The van der Waals surface area contributed by atoms with Crippen molar-refractivity contribution in [2.75, 3.05) is 13.2 Å². The van der Waals surface area contributed by atoms with E-state index >= 15 is 0 Å². The molecular weight excluding hydrogens is 277 g/mol. The maximum atomic E-state index is 9.76. The van der Waals surface area contributed by atoms with Crippen molar-refractivity contribution in [3.8, 4) is 0 Å². The van der Waals surface area contributed by atoms with Crippen molar-refractivity contribution < 1.29 is 9.84 Å². The van der Waals surface area contributed by atoms with E-state index in [4.69, 9.17) is 27.9 Å². The molecule has 1 aromatic carbocycles. The summed E-state index contributed by atoms with van der Waals surface area (Å²) in [5, 5.41) is 18.6. The summed E-state index contributed by atoms with van der Waals surface area (Å²) in [6.45, 7) is 3.00. The van der Waals surface area contributed by atoms with E-state index in [1.807, 2.05) is 6.92 Å². The lowest BCUT2D eigenvalue weighted by Gasteiger charge is -2.10. The quantitative estimate of drug-likeness (QED) is 0.916. The number of hydrogen-bond donors (Lipinski definition) is 1. The van der Waals surface area contributed by atoms with Crippen LogP contribution in [0.25, 0.3) is 11.0 Å². The first-order valence-electron chi connectivity index (χ1n) is 5.56. The van der Waals surface area contributed by atoms with Crippen LogP contribution in [0.4, 0.5) is 0 Å². The van der Waals surface area contributed by atoms with Crippen LogP contribution in [0.15, 0.2) is 12.1 Å². The summed E-state index contributed by atoms with van der Waals surface area (Å²) >= 11 is 11.8. The lowest BCUT2D eigenvalue weighted by Crippen LogP contribution is -2.22. The van der Waals surface area contributed by atoms with Gasteiger partial charge in [0.2, 0.25) is 0 Å². The third-order valence-corrected chi connectivity index (χ3v) is 3.18. The number of hydrogen-bond acceptors (Lipinski definition) is 4. The third-order valence-electron chi connectivity index (χ3n) is 2.45. The first-order chi connectivity index (χ1) is 8.61. The summed E-state index contributed by atoms with van der Waals surface area (Å²) < 4.78 is 6.72. The molecule has 0 aliphatic heterocycles. The van der Waals surface area contributed by atoms with Crippen LogP contribution in [0.2, 0.25) is 10.0 Å². The van der Waals surface area contributed by atoms with E-state index in [0.717, 1.165) is 5.52 Å². The Kier molecular flexibility index (Phi) is 4.40. The number of nitrogens with zero attached hydrogens (tertiary/aromatic N) is 3. The van der Waals surface area contributed by atoms with E-state index in [-0.39, 0.29) is 6.61 Å². The molecule has 0 bridgehead atoms. The van der Waals surface area contributed by atoms with Crippen LogP contribution in [0.1, 0.15) is 6.92 Å².